The summed E-state index contributed by atoms with van der Waals surface area (Å²) >= 11 is 0. The molecule has 1 rings (SSSR count). The molecule has 4 nitrogen and oxygen atoms in total. The highest BCUT2D eigenvalue weighted by atomic mass is 32.2. The molecule has 6 heteroatoms. The van der Waals surface area contributed by atoms with E-state index in [1.54, 1.807) is 13.0 Å². The minimum Gasteiger partial charge on any atom is -0.207 e. The molecule has 0 aliphatic carbocycles. The van der Waals surface area contributed by atoms with Crippen LogP contribution in [0.15, 0.2) is 23.1 Å². The summed E-state index contributed by atoms with van der Waals surface area (Å²) in [4.78, 5) is 0.0380. The maximum Gasteiger partial charge on any atom is 0.244 e. The first-order valence-corrected chi connectivity index (χ1v) is 6.50. The average molecular weight is 256 g/mol. The van der Waals surface area contributed by atoms with Crippen LogP contribution in [0.2, 0.25) is 0 Å². The van der Waals surface area contributed by atoms with E-state index in [-0.39, 0.29) is 18.0 Å². The van der Waals surface area contributed by atoms with Gasteiger partial charge in [-0.3, -0.25) is 0 Å². The summed E-state index contributed by atoms with van der Waals surface area (Å²) in [5.74, 6) is -0.482. The molecule has 92 valence electrons. The number of hydrogen-bond acceptors (Lipinski definition) is 3. The van der Waals surface area contributed by atoms with E-state index in [4.69, 9.17) is 5.26 Å². The molecule has 1 aromatic carbocycles. The Balaban J connectivity index is 3.26. The van der Waals surface area contributed by atoms with Crippen molar-refractivity contribution in [1.29, 1.82) is 5.26 Å². The maximum atomic E-state index is 12.9. The molecule has 0 radical (unpaired) electrons. The van der Waals surface area contributed by atoms with Gasteiger partial charge in [0.05, 0.1) is 11.0 Å². The first kappa shape index (κ1) is 13.6. The number of rotatable bonds is 4. The molecular formula is C11H13FN2O2S. The number of benzene rings is 1. The summed E-state index contributed by atoms with van der Waals surface area (Å²) in [7, 11) is -3.72. The predicted molar refractivity (Wildman–Crippen MR) is 61.2 cm³/mol. The van der Waals surface area contributed by atoms with Crippen molar-refractivity contribution in [3.63, 3.8) is 0 Å². The number of hydrogen-bond donors (Lipinski definition) is 0. The molecule has 0 atom stereocenters. The first-order chi connectivity index (χ1) is 7.93. The van der Waals surface area contributed by atoms with E-state index in [9.17, 15) is 12.8 Å². The van der Waals surface area contributed by atoms with Crippen molar-refractivity contribution in [2.45, 2.75) is 18.7 Å². The fourth-order valence-corrected chi connectivity index (χ4v) is 3.04. The van der Waals surface area contributed by atoms with E-state index in [1.807, 2.05) is 0 Å². The lowest BCUT2D eigenvalue weighted by Crippen LogP contribution is -2.31. The second kappa shape index (κ2) is 5.25. The van der Waals surface area contributed by atoms with Gasteiger partial charge in [0.2, 0.25) is 10.0 Å². The van der Waals surface area contributed by atoms with E-state index >= 15 is 0 Å². The summed E-state index contributed by atoms with van der Waals surface area (Å²) in [5.41, 5.74) is 0.335. The van der Waals surface area contributed by atoms with Gasteiger partial charge in [-0.15, -0.1) is 0 Å². The fraction of sp³-hybridized carbons (Fsp3) is 0.364. The summed E-state index contributed by atoms with van der Waals surface area (Å²) in [6, 6.07) is 5.28. The normalized spacial score (nSPS) is 11.5. The minimum atomic E-state index is -3.72. The highest BCUT2D eigenvalue weighted by Gasteiger charge is 2.24. The second-order valence-corrected chi connectivity index (χ2v) is 5.41. The smallest absolute Gasteiger partial charge is 0.207 e. The van der Waals surface area contributed by atoms with Gasteiger partial charge in [0.1, 0.15) is 12.4 Å². The lowest BCUT2D eigenvalue weighted by atomic mass is 10.2. The van der Waals surface area contributed by atoms with Gasteiger partial charge < -0.3 is 0 Å². The molecule has 0 bridgehead atoms. The molecule has 0 saturated heterocycles. The van der Waals surface area contributed by atoms with E-state index in [1.165, 1.54) is 13.0 Å². The third-order valence-electron chi connectivity index (χ3n) is 2.35. The van der Waals surface area contributed by atoms with Crippen LogP contribution in [0.5, 0.6) is 0 Å². The van der Waals surface area contributed by atoms with Crippen molar-refractivity contribution >= 4 is 10.0 Å². The van der Waals surface area contributed by atoms with E-state index < -0.39 is 15.8 Å². The van der Waals surface area contributed by atoms with Crippen molar-refractivity contribution in [2.75, 3.05) is 13.1 Å². The van der Waals surface area contributed by atoms with Gasteiger partial charge in [-0.25, -0.2) is 12.8 Å². The summed E-state index contributed by atoms with van der Waals surface area (Å²) in [5, 5.41) is 8.58. The molecule has 0 saturated carbocycles. The molecule has 0 fully saturated rings. The van der Waals surface area contributed by atoms with E-state index in [0.717, 1.165) is 16.4 Å². The number of nitriles is 1. The largest absolute Gasteiger partial charge is 0.244 e. The van der Waals surface area contributed by atoms with Crippen molar-refractivity contribution < 1.29 is 12.8 Å². The molecule has 17 heavy (non-hydrogen) atoms. The van der Waals surface area contributed by atoms with Crippen LogP contribution < -0.4 is 0 Å². The second-order valence-electron chi connectivity index (χ2n) is 3.50. The van der Waals surface area contributed by atoms with Crippen molar-refractivity contribution in [2.24, 2.45) is 0 Å². The van der Waals surface area contributed by atoms with Crippen LogP contribution in [0.1, 0.15) is 12.5 Å². The van der Waals surface area contributed by atoms with Crippen LogP contribution in [0, 0.1) is 24.1 Å². The third kappa shape index (κ3) is 2.81. The van der Waals surface area contributed by atoms with Crippen molar-refractivity contribution in [3.8, 4) is 6.07 Å². The van der Waals surface area contributed by atoms with Crippen LogP contribution in [-0.2, 0) is 10.0 Å². The van der Waals surface area contributed by atoms with Gasteiger partial charge in [0.15, 0.2) is 0 Å². The monoisotopic (exact) mass is 256 g/mol. The molecule has 0 amide bonds. The van der Waals surface area contributed by atoms with Crippen LogP contribution in [-0.4, -0.2) is 25.8 Å². The average Bonchev–Trinajstić information content (AvgIpc) is 2.24. The molecule has 0 spiro atoms. The quantitative estimate of drug-likeness (QED) is 0.770. The Labute approximate surface area is 100 Å². The molecule has 0 heterocycles. The van der Waals surface area contributed by atoms with Crippen molar-refractivity contribution in [3.05, 3.63) is 29.6 Å². The highest BCUT2D eigenvalue weighted by Crippen LogP contribution is 2.20. The Bertz CT molecular complexity index is 549. The fourth-order valence-electron chi connectivity index (χ4n) is 1.49. The molecule has 0 aliphatic heterocycles. The maximum absolute atomic E-state index is 12.9. The van der Waals surface area contributed by atoms with Crippen LogP contribution >= 0.6 is 0 Å². The summed E-state index contributed by atoms with van der Waals surface area (Å²) in [6.07, 6.45) is 0. The van der Waals surface area contributed by atoms with Crippen LogP contribution in [0.25, 0.3) is 0 Å². The van der Waals surface area contributed by atoms with Gasteiger partial charge >= 0.3 is 0 Å². The summed E-state index contributed by atoms with van der Waals surface area (Å²) in [6.45, 7) is 3.16. The minimum absolute atomic E-state index is 0.0380. The Hall–Kier alpha value is -1.45. The first-order valence-electron chi connectivity index (χ1n) is 5.06. The zero-order chi connectivity index (χ0) is 13.1. The van der Waals surface area contributed by atoms with Gasteiger partial charge in [-0.2, -0.15) is 9.57 Å². The lowest BCUT2D eigenvalue weighted by molar-refractivity contribution is 0.462. The topological polar surface area (TPSA) is 61.2 Å². The summed E-state index contributed by atoms with van der Waals surface area (Å²) < 4.78 is 38.2. The number of halogens is 1. The van der Waals surface area contributed by atoms with E-state index in [0.29, 0.717) is 5.56 Å². The Morgan fingerprint density at radius 3 is 2.59 bits per heavy atom. The van der Waals surface area contributed by atoms with E-state index in [2.05, 4.69) is 0 Å². The third-order valence-corrected chi connectivity index (χ3v) is 4.44. The molecular weight excluding hydrogens is 243 g/mol. The highest BCUT2D eigenvalue weighted by molar-refractivity contribution is 7.89. The zero-order valence-corrected chi connectivity index (χ0v) is 10.5. The molecule has 0 aromatic heterocycles. The van der Waals surface area contributed by atoms with Gasteiger partial charge in [-0.05, 0) is 30.7 Å². The van der Waals surface area contributed by atoms with Gasteiger partial charge in [-0.1, -0.05) is 6.92 Å². The van der Waals surface area contributed by atoms with Crippen LogP contribution in [0.3, 0.4) is 0 Å². The number of nitrogens with zero attached hydrogens (tertiary/aromatic N) is 2. The van der Waals surface area contributed by atoms with Crippen molar-refractivity contribution in [1.82, 2.24) is 4.31 Å². The molecule has 0 aliphatic rings. The van der Waals surface area contributed by atoms with Crippen LogP contribution in [0.4, 0.5) is 4.39 Å². The Kier molecular flexibility index (Phi) is 4.21. The zero-order valence-electron chi connectivity index (χ0n) is 9.64. The van der Waals surface area contributed by atoms with Gasteiger partial charge in [0.25, 0.3) is 0 Å². The standard InChI is InChI=1S/C11H13FN2O2S/c1-3-14(7-6-13)17(15,16)11-5-4-10(12)8-9(11)2/h4-5,8H,3,7H2,1-2H3. The lowest BCUT2D eigenvalue weighted by Gasteiger charge is -2.18. The van der Waals surface area contributed by atoms with Gasteiger partial charge in [0, 0.05) is 6.54 Å². The number of aryl methyl sites for hydroxylation is 1. The molecule has 0 N–H and O–H groups in total. The molecule has 0 unspecified atom stereocenters. The molecule has 1 aromatic rings. The number of sulfonamides is 1. The Morgan fingerprint density at radius 2 is 2.12 bits per heavy atom. The SMILES string of the molecule is CCN(CC#N)S(=O)(=O)c1ccc(F)cc1C. The predicted octanol–water partition coefficient (Wildman–Crippen LogP) is 1.67. The Morgan fingerprint density at radius 1 is 1.47 bits per heavy atom.